The van der Waals surface area contributed by atoms with Crippen molar-refractivity contribution in [1.82, 2.24) is 19.2 Å². The van der Waals surface area contributed by atoms with Gasteiger partial charge in [-0.2, -0.15) is 0 Å². The summed E-state index contributed by atoms with van der Waals surface area (Å²) in [6, 6.07) is 6.46. The number of amides is 1. The van der Waals surface area contributed by atoms with Gasteiger partial charge in [0.05, 0.1) is 0 Å². The Morgan fingerprint density at radius 2 is 2.04 bits per heavy atom. The van der Waals surface area contributed by atoms with Crippen molar-refractivity contribution < 1.29 is 4.79 Å². The average Bonchev–Trinajstić information content (AvgIpc) is 3.30. The molecular formula is C18H23ClN4O. The highest BCUT2D eigenvalue weighted by molar-refractivity contribution is 6.32. The number of pyridine rings is 1. The summed E-state index contributed by atoms with van der Waals surface area (Å²) in [4.78, 5) is 22.2. The summed E-state index contributed by atoms with van der Waals surface area (Å²) in [7, 11) is 0. The number of carbonyl (C=O) groups excluding carboxylic acids is 1. The number of halogens is 1. The fourth-order valence-electron chi connectivity index (χ4n) is 4.42. The zero-order valence-corrected chi connectivity index (χ0v) is 14.7. The second-order valence-electron chi connectivity index (χ2n) is 6.73. The molecule has 2 aromatic heterocycles. The lowest BCUT2D eigenvalue weighted by Crippen LogP contribution is -2.48. The zero-order valence-electron chi connectivity index (χ0n) is 14.0. The minimum Gasteiger partial charge on any atom is -0.333 e. The van der Waals surface area contributed by atoms with Crippen LogP contribution in [0.2, 0.25) is 5.15 Å². The molecule has 2 atom stereocenters. The SMILES string of the molecule is CCN1CCCC1C1CCCN1C(=O)c1c(Cl)nc2ccccn12. The number of hydrogen-bond donors (Lipinski definition) is 0. The van der Waals surface area contributed by atoms with E-state index in [4.69, 9.17) is 11.6 Å². The van der Waals surface area contributed by atoms with Gasteiger partial charge in [-0.15, -0.1) is 0 Å². The van der Waals surface area contributed by atoms with Gasteiger partial charge in [0.2, 0.25) is 0 Å². The Morgan fingerprint density at radius 1 is 1.25 bits per heavy atom. The normalized spacial score (nSPS) is 25.0. The van der Waals surface area contributed by atoms with Gasteiger partial charge in [0, 0.05) is 24.8 Å². The largest absolute Gasteiger partial charge is 0.333 e. The molecule has 4 rings (SSSR count). The van der Waals surface area contributed by atoms with E-state index in [1.54, 1.807) is 0 Å². The first-order valence-corrected chi connectivity index (χ1v) is 9.26. The molecule has 0 radical (unpaired) electrons. The van der Waals surface area contributed by atoms with Crippen molar-refractivity contribution in [2.75, 3.05) is 19.6 Å². The van der Waals surface area contributed by atoms with Gasteiger partial charge < -0.3 is 4.90 Å². The number of carbonyl (C=O) groups is 1. The molecule has 0 aromatic carbocycles. The molecule has 2 aliphatic heterocycles. The number of hydrogen-bond acceptors (Lipinski definition) is 3. The van der Waals surface area contributed by atoms with Crippen LogP contribution in [0, 0.1) is 0 Å². The summed E-state index contributed by atoms with van der Waals surface area (Å²) in [5, 5.41) is 0.301. The summed E-state index contributed by atoms with van der Waals surface area (Å²) < 4.78 is 1.81. The van der Waals surface area contributed by atoms with Crippen molar-refractivity contribution >= 4 is 23.2 Å². The van der Waals surface area contributed by atoms with E-state index in [9.17, 15) is 4.79 Å². The molecule has 2 unspecified atom stereocenters. The van der Waals surface area contributed by atoms with Gasteiger partial charge in [-0.25, -0.2) is 4.98 Å². The van der Waals surface area contributed by atoms with Crippen molar-refractivity contribution in [3.05, 3.63) is 35.2 Å². The maximum atomic E-state index is 13.3. The van der Waals surface area contributed by atoms with E-state index in [0.717, 1.165) is 38.1 Å². The van der Waals surface area contributed by atoms with Crippen molar-refractivity contribution in [1.29, 1.82) is 0 Å². The molecule has 6 heteroatoms. The molecular weight excluding hydrogens is 324 g/mol. The van der Waals surface area contributed by atoms with E-state index in [2.05, 4.69) is 16.8 Å². The van der Waals surface area contributed by atoms with E-state index >= 15 is 0 Å². The monoisotopic (exact) mass is 346 g/mol. The lowest BCUT2D eigenvalue weighted by molar-refractivity contribution is 0.0643. The van der Waals surface area contributed by atoms with E-state index in [1.807, 2.05) is 33.7 Å². The van der Waals surface area contributed by atoms with Gasteiger partial charge >= 0.3 is 0 Å². The predicted molar refractivity (Wildman–Crippen MR) is 94.5 cm³/mol. The Bertz CT molecular complexity index is 759. The summed E-state index contributed by atoms with van der Waals surface area (Å²) in [6.45, 7) is 5.23. The third-order valence-electron chi connectivity index (χ3n) is 5.51. The van der Waals surface area contributed by atoms with E-state index in [1.165, 1.54) is 12.8 Å². The highest BCUT2D eigenvalue weighted by Crippen LogP contribution is 2.32. The van der Waals surface area contributed by atoms with Crippen LogP contribution < -0.4 is 0 Å². The number of nitrogens with zero attached hydrogens (tertiary/aromatic N) is 4. The molecule has 5 nitrogen and oxygen atoms in total. The quantitative estimate of drug-likeness (QED) is 0.857. The number of imidazole rings is 1. The van der Waals surface area contributed by atoms with E-state index < -0.39 is 0 Å². The van der Waals surface area contributed by atoms with Gasteiger partial charge in [0.15, 0.2) is 10.8 Å². The first-order valence-electron chi connectivity index (χ1n) is 8.88. The molecule has 0 saturated carbocycles. The number of likely N-dealkylation sites (tertiary alicyclic amines) is 2. The maximum Gasteiger partial charge on any atom is 0.274 e. The summed E-state index contributed by atoms with van der Waals surface area (Å²) in [5.41, 5.74) is 1.22. The second-order valence-corrected chi connectivity index (χ2v) is 7.08. The van der Waals surface area contributed by atoms with Crippen LogP contribution in [0.4, 0.5) is 0 Å². The van der Waals surface area contributed by atoms with Crippen molar-refractivity contribution in [2.45, 2.75) is 44.7 Å². The minimum atomic E-state index is 0.0177. The minimum absolute atomic E-state index is 0.0177. The van der Waals surface area contributed by atoms with E-state index in [-0.39, 0.29) is 5.91 Å². The van der Waals surface area contributed by atoms with E-state index in [0.29, 0.717) is 22.9 Å². The lowest BCUT2D eigenvalue weighted by Gasteiger charge is -2.34. The molecule has 2 aromatic rings. The Hall–Kier alpha value is -1.59. The van der Waals surface area contributed by atoms with Gasteiger partial charge in [0.25, 0.3) is 5.91 Å². The number of rotatable bonds is 3. The molecule has 24 heavy (non-hydrogen) atoms. The molecule has 2 saturated heterocycles. The lowest BCUT2D eigenvalue weighted by atomic mass is 10.0. The molecule has 0 aliphatic carbocycles. The van der Waals surface area contributed by atoms with Crippen molar-refractivity contribution in [3.63, 3.8) is 0 Å². The number of aromatic nitrogens is 2. The first kappa shape index (κ1) is 15.9. The third kappa shape index (κ3) is 2.50. The molecule has 1 amide bonds. The molecule has 2 fully saturated rings. The third-order valence-corrected chi connectivity index (χ3v) is 5.78. The molecule has 0 N–H and O–H groups in total. The van der Waals surface area contributed by atoms with Gasteiger partial charge in [-0.1, -0.05) is 24.6 Å². The first-order chi connectivity index (χ1) is 11.7. The van der Waals surface area contributed by atoms with Crippen LogP contribution in [0.3, 0.4) is 0 Å². The van der Waals surface area contributed by atoms with Crippen LogP contribution in [0.1, 0.15) is 43.1 Å². The molecule has 0 spiro atoms. The van der Waals surface area contributed by atoms with Crippen LogP contribution in [0.15, 0.2) is 24.4 Å². The van der Waals surface area contributed by atoms with Gasteiger partial charge in [-0.05, 0) is 50.9 Å². The highest BCUT2D eigenvalue weighted by Gasteiger charge is 2.40. The smallest absolute Gasteiger partial charge is 0.274 e. The van der Waals surface area contributed by atoms with Gasteiger partial charge in [-0.3, -0.25) is 14.1 Å². The molecule has 2 aliphatic rings. The molecule has 4 heterocycles. The van der Waals surface area contributed by atoms with Crippen LogP contribution in [-0.4, -0.2) is 56.8 Å². The van der Waals surface area contributed by atoms with Crippen molar-refractivity contribution in [2.24, 2.45) is 0 Å². The highest BCUT2D eigenvalue weighted by atomic mass is 35.5. The Morgan fingerprint density at radius 3 is 2.88 bits per heavy atom. The number of likely N-dealkylation sites (N-methyl/N-ethyl adjacent to an activating group) is 1. The number of fused-ring (bicyclic) bond motifs is 1. The zero-order chi connectivity index (χ0) is 16.7. The maximum absolute atomic E-state index is 13.3. The predicted octanol–water partition coefficient (Wildman–Crippen LogP) is 3.08. The van der Waals surface area contributed by atoms with Crippen LogP contribution in [-0.2, 0) is 0 Å². The Labute approximate surface area is 147 Å². The molecule has 128 valence electrons. The fraction of sp³-hybridized carbons (Fsp3) is 0.556. The second kappa shape index (κ2) is 6.37. The fourth-order valence-corrected chi connectivity index (χ4v) is 4.68. The summed E-state index contributed by atoms with van der Waals surface area (Å²) in [6.07, 6.45) is 6.43. The average molecular weight is 347 g/mol. The Balaban J connectivity index is 1.66. The van der Waals surface area contributed by atoms with Crippen molar-refractivity contribution in [3.8, 4) is 0 Å². The van der Waals surface area contributed by atoms with Gasteiger partial charge in [0.1, 0.15) is 5.65 Å². The standard InChI is InChI=1S/C18H23ClN4O/c1-2-21-10-5-7-13(21)14-8-6-12-22(14)18(24)16-17(19)20-15-9-3-4-11-23(15)16/h3-4,9,11,13-14H,2,5-8,10,12H2,1H3. The molecule has 0 bridgehead atoms. The summed E-state index contributed by atoms with van der Waals surface area (Å²) in [5.74, 6) is 0.0177. The van der Waals surface area contributed by atoms with Crippen LogP contribution in [0.25, 0.3) is 5.65 Å². The van der Waals surface area contributed by atoms with Crippen LogP contribution in [0.5, 0.6) is 0 Å². The summed E-state index contributed by atoms with van der Waals surface area (Å²) >= 11 is 6.31. The topological polar surface area (TPSA) is 40.8 Å². The van der Waals surface area contributed by atoms with Crippen LogP contribution >= 0.6 is 11.6 Å². The Kier molecular flexibility index (Phi) is 4.22.